The third-order valence-corrected chi connectivity index (χ3v) is 7.26. The van der Waals surface area contributed by atoms with Gasteiger partial charge in [0, 0.05) is 37.3 Å². The molecule has 1 fully saturated rings. The predicted octanol–water partition coefficient (Wildman–Crippen LogP) is 2.58. The van der Waals surface area contributed by atoms with Crippen molar-refractivity contribution < 1.29 is 14.7 Å². The SMILES string of the molecule is CN1CCN(CN2C(=O)C(O)(CC(=O)c3ccc4c(c3)CCCC4)c3ccccc32)CC1. The molecule has 0 saturated carbocycles. The van der Waals surface area contributed by atoms with Crippen molar-refractivity contribution in [1.29, 1.82) is 0 Å². The number of amides is 1. The summed E-state index contributed by atoms with van der Waals surface area (Å²) in [6.45, 7) is 4.07. The van der Waals surface area contributed by atoms with Gasteiger partial charge in [0.1, 0.15) is 0 Å². The molecule has 2 aliphatic heterocycles. The molecular formula is C26H31N3O3. The Balaban J connectivity index is 1.39. The molecule has 0 bridgehead atoms. The van der Waals surface area contributed by atoms with Gasteiger partial charge in [-0.1, -0.05) is 30.3 Å². The van der Waals surface area contributed by atoms with Gasteiger partial charge in [0.15, 0.2) is 11.4 Å². The fourth-order valence-corrected chi connectivity index (χ4v) is 5.25. The molecule has 1 atom stereocenters. The van der Waals surface area contributed by atoms with Crippen LogP contribution in [0.25, 0.3) is 0 Å². The molecule has 6 heteroatoms. The summed E-state index contributed by atoms with van der Waals surface area (Å²) in [6.07, 6.45) is 4.14. The Morgan fingerprint density at radius 1 is 1.00 bits per heavy atom. The molecule has 5 rings (SSSR count). The van der Waals surface area contributed by atoms with Crippen LogP contribution in [-0.4, -0.2) is 66.5 Å². The zero-order valence-corrected chi connectivity index (χ0v) is 18.7. The number of nitrogens with zero attached hydrogens (tertiary/aromatic N) is 3. The number of likely N-dealkylation sites (N-methyl/N-ethyl adjacent to an activating group) is 1. The second-order valence-corrected chi connectivity index (χ2v) is 9.46. The normalized spacial score (nSPS) is 23.8. The van der Waals surface area contributed by atoms with Gasteiger partial charge in [-0.2, -0.15) is 0 Å². The maximum atomic E-state index is 13.5. The summed E-state index contributed by atoms with van der Waals surface area (Å²) in [5, 5.41) is 11.6. The third-order valence-electron chi connectivity index (χ3n) is 7.26. The summed E-state index contributed by atoms with van der Waals surface area (Å²) < 4.78 is 0. The molecule has 6 nitrogen and oxygen atoms in total. The van der Waals surface area contributed by atoms with E-state index in [9.17, 15) is 14.7 Å². The number of carbonyl (C=O) groups is 2. The molecule has 1 amide bonds. The van der Waals surface area contributed by atoms with Gasteiger partial charge in [-0.15, -0.1) is 0 Å². The zero-order chi connectivity index (χ0) is 22.3. The van der Waals surface area contributed by atoms with Crippen molar-refractivity contribution in [2.45, 2.75) is 37.7 Å². The second-order valence-electron chi connectivity index (χ2n) is 9.46. The molecule has 1 unspecified atom stereocenters. The van der Waals surface area contributed by atoms with E-state index in [2.05, 4.69) is 16.8 Å². The number of carbonyl (C=O) groups excluding carboxylic acids is 2. The molecule has 3 aliphatic rings. The summed E-state index contributed by atoms with van der Waals surface area (Å²) in [6, 6.07) is 13.2. The topological polar surface area (TPSA) is 64.1 Å². The minimum atomic E-state index is -1.82. The van der Waals surface area contributed by atoms with Crippen LogP contribution < -0.4 is 4.90 Å². The number of benzene rings is 2. The molecule has 168 valence electrons. The van der Waals surface area contributed by atoms with Gasteiger partial charge in [-0.25, -0.2) is 0 Å². The van der Waals surface area contributed by atoms with Crippen LogP contribution in [0.2, 0.25) is 0 Å². The number of para-hydroxylation sites is 1. The number of Topliss-reactive ketones (excluding diaryl/α,β-unsaturated/α-hetero) is 1. The summed E-state index contributed by atoms with van der Waals surface area (Å²) in [4.78, 5) is 32.9. The van der Waals surface area contributed by atoms with E-state index in [-0.39, 0.29) is 12.2 Å². The predicted molar refractivity (Wildman–Crippen MR) is 124 cm³/mol. The standard InChI is InChI=1S/C26H31N3O3/c1-27-12-14-28(15-13-27)18-29-23-9-5-4-8-22(23)26(32,25(29)31)17-24(30)21-11-10-19-6-2-3-7-20(19)16-21/h4-5,8-11,16,32H,2-3,6-7,12-15,17-18H2,1H3. The number of aryl methyl sites for hydroxylation is 2. The number of piperazine rings is 1. The Morgan fingerprint density at radius 3 is 2.50 bits per heavy atom. The number of anilines is 1. The fraction of sp³-hybridized carbons (Fsp3) is 0.462. The van der Waals surface area contributed by atoms with Crippen molar-refractivity contribution in [2.24, 2.45) is 0 Å². The van der Waals surface area contributed by atoms with Crippen LogP contribution in [0.3, 0.4) is 0 Å². The lowest BCUT2D eigenvalue weighted by atomic mass is 9.85. The number of aliphatic hydroxyl groups is 1. The van der Waals surface area contributed by atoms with Gasteiger partial charge in [-0.3, -0.25) is 19.4 Å². The minimum Gasteiger partial charge on any atom is -0.375 e. The van der Waals surface area contributed by atoms with E-state index in [4.69, 9.17) is 0 Å². The number of hydrogen-bond acceptors (Lipinski definition) is 5. The quantitative estimate of drug-likeness (QED) is 0.735. The lowest BCUT2D eigenvalue weighted by Crippen LogP contribution is -2.51. The van der Waals surface area contributed by atoms with Crippen LogP contribution in [0, 0.1) is 0 Å². The average molecular weight is 434 g/mol. The molecule has 2 aromatic carbocycles. The Labute approximate surface area is 189 Å². The highest BCUT2D eigenvalue weighted by molar-refractivity contribution is 6.10. The maximum Gasteiger partial charge on any atom is 0.265 e. The largest absolute Gasteiger partial charge is 0.375 e. The monoisotopic (exact) mass is 433 g/mol. The van der Waals surface area contributed by atoms with Crippen molar-refractivity contribution in [2.75, 3.05) is 44.8 Å². The van der Waals surface area contributed by atoms with Crippen LogP contribution in [0.5, 0.6) is 0 Å². The molecule has 1 N–H and O–H groups in total. The molecule has 2 aromatic rings. The Bertz CT molecular complexity index is 1040. The van der Waals surface area contributed by atoms with E-state index in [0.29, 0.717) is 23.5 Å². The Morgan fingerprint density at radius 2 is 1.72 bits per heavy atom. The second kappa shape index (κ2) is 8.43. The van der Waals surface area contributed by atoms with Crippen LogP contribution in [0.15, 0.2) is 42.5 Å². The highest BCUT2D eigenvalue weighted by Gasteiger charge is 2.51. The van der Waals surface area contributed by atoms with Crippen molar-refractivity contribution in [3.63, 3.8) is 0 Å². The molecule has 1 saturated heterocycles. The molecule has 0 radical (unpaired) electrons. The van der Waals surface area contributed by atoms with Gasteiger partial charge >= 0.3 is 0 Å². The number of rotatable bonds is 5. The van der Waals surface area contributed by atoms with E-state index < -0.39 is 11.5 Å². The van der Waals surface area contributed by atoms with Gasteiger partial charge in [0.25, 0.3) is 5.91 Å². The van der Waals surface area contributed by atoms with E-state index in [0.717, 1.165) is 45.4 Å². The van der Waals surface area contributed by atoms with Crippen molar-refractivity contribution in [1.82, 2.24) is 9.80 Å². The molecular weight excluding hydrogens is 402 g/mol. The van der Waals surface area contributed by atoms with Gasteiger partial charge in [0.05, 0.1) is 18.8 Å². The van der Waals surface area contributed by atoms with E-state index in [1.54, 1.807) is 11.0 Å². The first kappa shape index (κ1) is 21.3. The van der Waals surface area contributed by atoms with E-state index >= 15 is 0 Å². The Hall–Kier alpha value is -2.54. The van der Waals surface area contributed by atoms with E-state index in [1.807, 2.05) is 36.4 Å². The van der Waals surface area contributed by atoms with Gasteiger partial charge in [-0.05, 0) is 56.0 Å². The molecule has 0 aromatic heterocycles. The lowest BCUT2D eigenvalue weighted by Gasteiger charge is -2.35. The van der Waals surface area contributed by atoms with E-state index in [1.165, 1.54) is 17.5 Å². The maximum absolute atomic E-state index is 13.5. The molecule has 32 heavy (non-hydrogen) atoms. The molecule has 1 aliphatic carbocycles. The van der Waals surface area contributed by atoms with Crippen LogP contribution in [0.1, 0.15) is 46.3 Å². The number of fused-ring (bicyclic) bond motifs is 2. The van der Waals surface area contributed by atoms with Crippen molar-refractivity contribution in [3.8, 4) is 0 Å². The summed E-state index contributed by atoms with van der Waals surface area (Å²) in [7, 11) is 2.10. The summed E-state index contributed by atoms with van der Waals surface area (Å²) >= 11 is 0. The molecule has 2 heterocycles. The highest BCUT2D eigenvalue weighted by Crippen LogP contribution is 2.43. The first-order valence-electron chi connectivity index (χ1n) is 11.7. The van der Waals surface area contributed by atoms with Crippen LogP contribution in [-0.2, 0) is 23.2 Å². The lowest BCUT2D eigenvalue weighted by molar-refractivity contribution is -0.136. The van der Waals surface area contributed by atoms with Gasteiger partial charge < -0.3 is 10.0 Å². The first-order valence-corrected chi connectivity index (χ1v) is 11.7. The average Bonchev–Trinajstić information content (AvgIpc) is 3.02. The van der Waals surface area contributed by atoms with Crippen LogP contribution >= 0.6 is 0 Å². The smallest absolute Gasteiger partial charge is 0.265 e. The van der Waals surface area contributed by atoms with Crippen molar-refractivity contribution in [3.05, 3.63) is 64.7 Å². The fourth-order valence-electron chi connectivity index (χ4n) is 5.25. The van der Waals surface area contributed by atoms with Gasteiger partial charge in [0.2, 0.25) is 0 Å². The highest BCUT2D eigenvalue weighted by atomic mass is 16.3. The summed E-state index contributed by atoms with van der Waals surface area (Å²) in [5.41, 5.74) is 2.54. The first-order chi connectivity index (χ1) is 15.5. The number of hydrogen-bond donors (Lipinski definition) is 1. The van der Waals surface area contributed by atoms with Crippen LogP contribution in [0.4, 0.5) is 5.69 Å². The Kier molecular flexibility index (Phi) is 5.61. The number of ketones is 1. The molecule has 0 spiro atoms. The third kappa shape index (κ3) is 3.76. The zero-order valence-electron chi connectivity index (χ0n) is 18.7. The summed E-state index contributed by atoms with van der Waals surface area (Å²) in [5.74, 6) is -0.589. The minimum absolute atomic E-state index is 0.189. The van der Waals surface area contributed by atoms with Crippen molar-refractivity contribution >= 4 is 17.4 Å².